The molecule has 10 heteroatoms. The van der Waals surface area contributed by atoms with E-state index >= 15 is 4.39 Å². The fraction of sp³-hybridized carbons (Fsp3) is 0.414. The number of amides is 1. The van der Waals surface area contributed by atoms with Crippen LogP contribution in [-0.4, -0.2) is 58.0 Å². The van der Waals surface area contributed by atoms with Gasteiger partial charge in [-0.05, 0) is 75.1 Å². The van der Waals surface area contributed by atoms with Crippen molar-refractivity contribution in [1.29, 1.82) is 0 Å². The van der Waals surface area contributed by atoms with Gasteiger partial charge in [-0.25, -0.2) is 14.4 Å². The Morgan fingerprint density at radius 1 is 1.13 bits per heavy atom. The van der Waals surface area contributed by atoms with Crippen molar-refractivity contribution < 1.29 is 19.0 Å². The monoisotopic (exact) mass is 572 g/mol. The molecule has 0 radical (unpaired) electrons. The van der Waals surface area contributed by atoms with Crippen LogP contribution in [-0.2, 0) is 22.6 Å². The van der Waals surface area contributed by atoms with Gasteiger partial charge in [0.2, 0.25) is 0 Å². The highest BCUT2D eigenvalue weighted by Crippen LogP contribution is 2.49. The summed E-state index contributed by atoms with van der Waals surface area (Å²) in [7, 11) is 3.48. The molecule has 0 saturated carbocycles. The Morgan fingerprint density at radius 2 is 1.77 bits per heavy atom. The van der Waals surface area contributed by atoms with Crippen LogP contribution < -0.4 is 0 Å². The van der Waals surface area contributed by atoms with E-state index in [1.807, 2.05) is 6.92 Å². The Balaban J connectivity index is 1.67. The lowest BCUT2D eigenvalue weighted by atomic mass is 9.73. The number of halogens is 3. The van der Waals surface area contributed by atoms with Crippen LogP contribution in [0.15, 0.2) is 48.8 Å². The molecular formula is C29H31Cl2FN4O3. The van der Waals surface area contributed by atoms with Gasteiger partial charge in [-0.15, -0.1) is 0 Å². The minimum atomic E-state index is -1.61. The summed E-state index contributed by atoms with van der Waals surface area (Å²) in [4.78, 5) is 26.2. The maximum atomic E-state index is 16.4. The minimum absolute atomic E-state index is 0.0605. The summed E-state index contributed by atoms with van der Waals surface area (Å²) >= 11 is 12.1. The van der Waals surface area contributed by atoms with Gasteiger partial charge in [-0.2, -0.15) is 0 Å². The molecule has 7 nitrogen and oxygen atoms in total. The summed E-state index contributed by atoms with van der Waals surface area (Å²) < 4.78 is 22.4. The Hall–Kier alpha value is -2.62. The first-order chi connectivity index (χ1) is 18.6. The van der Waals surface area contributed by atoms with Crippen LogP contribution in [0, 0.1) is 11.7 Å². The fourth-order valence-corrected chi connectivity index (χ4v) is 6.28. The standard InChI is InChI=1S/C29H31Cl2FN4O3/c1-4-28(38,18-9-11-35(2)12-10-18)20-13-23-26(24(32)14-20)29(39-3,19-5-7-21(30)8-6-19)36(27(23)37)17-25-33-15-22(31)16-34-25/h5-8,13-16,18,38H,4,9-12,17H2,1-3H3/t28?,29-/m1/s1. The molecule has 206 valence electrons. The van der Waals surface area contributed by atoms with Crippen LogP contribution in [0.1, 0.15) is 59.1 Å². The van der Waals surface area contributed by atoms with Crippen molar-refractivity contribution in [2.75, 3.05) is 27.2 Å². The van der Waals surface area contributed by atoms with Crippen molar-refractivity contribution in [3.8, 4) is 0 Å². The van der Waals surface area contributed by atoms with E-state index in [4.69, 9.17) is 27.9 Å². The quantitative estimate of drug-likeness (QED) is 0.410. The van der Waals surface area contributed by atoms with Crippen molar-refractivity contribution in [2.24, 2.45) is 5.92 Å². The molecule has 1 fully saturated rings. The van der Waals surface area contributed by atoms with Crippen LogP contribution in [0.5, 0.6) is 0 Å². The largest absolute Gasteiger partial charge is 0.385 e. The summed E-state index contributed by atoms with van der Waals surface area (Å²) in [6.45, 7) is 3.51. The number of rotatable bonds is 7. The summed E-state index contributed by atoms with van der Waals surface area (Å²) in [6.07, 6.45) is 4.83. The molecule has 1 unspecified atom stereocenters. The van der Waals surface area contributed by atoms with E-state index in [9.17, 15) is 9.90 Å². The molecular weight excluding hydrogens is 542 g/mol. The van der Waals surface area contributed by atoms with Gasteiger partial charge in [0, 0.05) is 30.1 Å². The van der Waals surface area contributed by atoms with Crippen LogP contribution in [0.4, 0.5) is 4.39 Å². The lowest BCUT2D eigenvalue weighted by Crippen LogP contribution is -2.46. The molecule has 1 N–H and O–H groups in total. The average Bonchev–Trinajstić information content (AvgIpc) is 3.18. The second kappa shape index (κ2) is 10.7. The highest BCUT2D eigenvalue weighted by molar-refractivity contribution is 6.30. The number of methoxy groups -OCH3 is 1. The van der Waals surface area contributed by atoms with E-state index in [0.29, 0.717) is 33.4 Å². The molecule has 0 bridgehead atoms. The lowest BCUT2D eigenvalue weighted by molar-refractivity contribution is -0.0891. The number of carbonyl (C=O) groups is 1. The normalized spacial score (nSPS) is 21.7. The van der Waals surface area contributed by atoms with Crippen molar-refractivity contribution in [1.82, 2.24) is 19.8 Å². The highest BCUT2D eigenvalue weighted by atomic mass is 35.5. The van der Waals surface area contributed by atoms with E-state index in [2.05, 4.69) is 21.9 Å². The van der Waals surface area contributed by atoms with Crippen molar-refractivity contribution >= 4 is 29.1 Å². The fourth-order valence-electron chi connectivity index (χ4n) is 6.06. The molecule has 0 aliphatic carbocycles. The summed E-state index contributed by atoms with van der Waals surface area (Å²) in [6, 6.07) is 9.74. The number of benzene rings is 2. The maximum absolute atomic E-state index is 16.4. The van der Waals surface area contributed by atoms with Crippen LogP contribution >= 0.6 is 23.2 Å². The molecule has 39 heavy (non-hydrogen) atoms. The van der Waals surface area contributed by atoms with Crippen LogP contribution in [0.3, 0.4) is 0 Å². The lowest BCUT2D eigenvalue weighted by Gasteiger charge is -2.41. The van der Waals surface area contributed by atoms with Crippen LogP contribution in [0.2, 0.25) is 10.0 Å². The topological polar surface area (TPSA) is 78.8 Å². The third-order valence-electron chi connectivity index (χ3n) is 8.22. The summed E-state index contributed by atoms with van der Waals surface area (Å²) in [5, 5.41) is 12.8. The third-order valence-corrected chi connectivity index (χ3v) is 8.67. The van der Waals surface area contributed by atoms with Gasteiger partial charge < -0.3 is 14.7 Å². The van der Waals surface area contributed by atoms with Gasteiger partial charge in [0.1, 0.15) is 11.6 Å². The summed E-state index contributed by atoms with van der Waals surface area (Å²) in [5.74, 6) is -0.836. The number of aliphatic hydroxyl groups is 1. The van der Waals surface area contributed by atoms with E-state index in [1.54, 1.807) is 30.3 Å². The smallest absolute Gasteiger partial charge is 0.257 e. The molecule has 3 heterocycles. The first-order valence-electron chi connectivity index (χ1n) is 13.0. The number of nitrogens with zero attached hydrogens (tertiary/aromatic N) is 4. The zero-order valence-electron chi connectivity index (χ0n) is 22.1. The van der Waals surface area contributed by atoms with Crippen LogP contribution in [0.25, 0.3) is 0 Å². The number of aromatic nitrogens is 2. The van der Waals surface area contributed by atoms with E-state index < -0.39 is 23.1 Å². The van der Waals surface area contributed by atoms with Gasteiger partial charge in [-0.1, -0.05) is 42.3 Å². The Morgan fingerprint density at radius 3 is 2.36 bits per heavy atom. The van der Waals surface area contributed by atoms with Crippen molar-refractivity contribution in [2.45, 2.75) is 44.1 Å². The molecule has 2 aliphatic heterocycles. The molecule has 3 aromatic rings. The van der Waals surface area contributed by atoms with Gasteiger partial charge in [0.25, 0.3) is 5.91 Å². The first-order valence-corrected chi connectivity index (χ1v) is 13.7. The molecule has 2 aromatic carbocycles. The molecule has 0 spiro atoms. The highest BCUT2D eigenvalue weighted by Gasteiger charge is 2.54. The number of carbonyl (C=O) groups excluding carboxylic acids is 1. The van der Waals surface area contributed by atoms with Crippen molar-refractivity contribution in [3.63, 3.8) is 0 Å². The van der Waals surface area contributed by atoms with Gasteiger partial charge in [0.15, 0.2) is 5.72 Å². The Bertz CT molecular complexity index is 1370. The van der Waals surface area contributed by atoms with E-state index in [-0.39, 0.29) is 23.6 Å². The molecule has 2 aliphatic rings. The Labute approximate surface area is 237 Å². The van der Waals surface area contributed by atoms with E-state index in [0.717, 1.165) is 25.9 Å². The molecule has 5 rings (SSSR count). The number of fused-ring (bicyclic) bond motifs is 1. The molecule has 1 saturated heterocycles. The zero-order valence-corrected chi connectivity index (χ0v) is 23.6. The second-order valence-corrected chi connectivity index (χ2v) is 11.2. The molecule has 1 amide bonds. The van der Waals surface area contributed by atoms with Gasteiger partial charge in [-0.3, -0.25) is 9.69 Å². The number of piperidine rings is 1. The second-order valence-electron chi connectivity index (χ2n) is 10.3. The maximum Gasteiger partial charge on any atom is 0.257 e. The summed E-state index contributed by atoms with van der Waals surface area (Å²) in [5.41, 5.74) is -1.76. The Kier molecular flexibility index (Phi) is 7.70. The SMILES string of the molecule is CCC(O)(c1cc(F)c2c(c1)C(=O)N(Cc1ncc(Cl)cn1)[C@@]2(OC)c1ccc(Cl)cc1)C1CCN(C)CC1. The predicted molar refractivity (Wildman–Crippen MR) is 147 cm³/mol. The molecule has 2 atom stereocenters. The average molecular weight is 573 g/mol. The number of ether oxygens (including phenoxy) is 1. The van der Waals surface area contributed by atoms with E-state index in [1.165, 1.54) is 30.5 Å². The molecule has 1 aromatic heterocycles. The third kappa shape index (κ3) is 4.72. The predicted octanol–water partition coefficient (Wildman–Crippen LogP) is 5.37. The van der Waals surface area contributed by atoms with Gasteiger partial charge >= 0.3 is 0 Å². The van der Waals surface area contributed by atoms with Crippen molar-refractivity contribution in [3.05, 3.63) is 92.7 Å². The zero-order chi connectivity index (χ0) is 27.9. The van der Waals surface area contributed by atoms with Gasteiger partial charge in [0.05, 0.1) is 28.3 Å². The first kappa shape index (κ1) is 27.9. The number of hydrogen-bond acceptors (Lipinski definition) is 6. The minimum Gasteiger partial charge on any atom is -0.385 e. The number of likely N-dealkylation sites (tertiary alicyclic amines) is 1. The number of hydrogen-bond donors (Lipinski definition) is 1.